The van der Waals surface area contributed by atoms with Crippen LogP contribution in [0.4, 0.5) is 0 Å². The van der Waals surface area contributed by atoms with Crippen molar-refractivity contribution in [2.75, 3.05) is 33.0 Å². The number of hydrogen-bond donors (Lipinski definition) is 0. The van der Waals surface area contributed by atoms with E-state index in [1.807, 2.05) is 43.5 Å². The summed E-state index contributed by atoms with van der Waals surface area (Å²) in [7, 11) is 0. The van der Waals surface area contributed by atoms with Gasteiger partial charge in [-0.3, -0.25) is 4.57 Å². The molecule has 1 saturated heterocycles. The van der Waals surface area contributed by atoms with Crippen molar-refractivity contribution in [1.29, 1.82) is 0 Å². The lowest BCUT2D eigenvalue weighted by atomic mass is 9.94. The van der Waals surface area contributed by atoms with Crippen molar-refractivity contribution in [3.63, 3.8) is 0 Å². The standard InChI is InChI=1S/C24H25N3O5/c1-2-30-22-6-4-18(13-25-22)16-3-5-20-17(11-16)7-8-27-21(20)12-23(26-24(27)28)32-15-19-14-29-9-10-31-19/h3-6,11-13,19H,2,7-10,14-15H2,1H3. The lowest BCUT2D eigenvalue weighted by molar-refractivity contribution is -0.102. The summed E-state index contributed by atoms with van der Waals surface area (Å²) in [5.74, 6) is 0.927. The minimum Gasteiger partial charge on any atom is -0.478 e. The van der Waals surface area contributed by atoms with Gasteiger partial charge < -0.3 is 18.9 Å². The van der Waals surface area contributed by atoms with Gasteiger partial charge >= 0.3 is 5.69 Å². The Labute approximate surface area is 185 Å². The number of aromatic nitrogens is 3. The third-order valence-electron chi connectivity index (χ3n) is 5.64. The van der Waals surface area contributed by atoms with Gasteiger partial charge in [-0.05, 0) is 30.5 Å². The monoisotopic (exact) mass is 435 g/mol. The molecule has 1 unspecified atom stereocenters. The van der Waals surface area contributed by atoms with Crippen LogP contribution in [0, 0.1) is 0 Å². The molecule has 1 aromatic carbocycles. The average molecular weight is 435 g/mol. The first-order valence-electron chi connectivity index (χ1n) is 10.9. The smallest absolute Gasteiger partial charge is 0.351 e. The molecule has 2 aliphatic rings. The van der Waals surface area contributed by atoms with Crippen molar-refractivity contribution in [3.05, 3.63) is 58.6 Å². The summed E-state index contributed by atoms with van der Waals surface area (Å²) >= 11 is 0. The van der Waals surface area contributed by atoms with Crippen LogP contribution in [0.1, 0.15) is 12.5 Å². The van der Waals surface area contributed by atoms with Crippen LogP contribution in [-0.2, 0) is 22.4 Å². The summed E-state index contributed by atoms with van der Waals surface area (Å²) in [5.41, 5.74) is 4.81. The maximum atomic E-state index is 12.6. The van der Waals surface area contributed by atoms with E-state index in [-0.39, 0.29) is 11.8 Å². The van der Waals surface area contributed by atoms with Crippen LogP contribution in [0.5, 0.6) is 11.8 Å². The fraction of sp³-hybridized carbons (Fsp3) is 0.375. The van der Waals surface area contributed by atoms with Crippen LogP contribution in [-0.4, -0.2) is 53.7 Å². The van der Waals surface area contributed by atoms with Gasteiger partial charge in [-0.1, -0.05) is 18.2 Å². The van der Waals surface area contributed by atoms with Crippen LogP contribution in [0.25, 0.3) is 22.4 Å². The van der Waals surface area contributed by atoms with Crippen LogP contribution >= 0.6 is 0 Å². The molecule has 0 spiro atoms. The molecule has 0 aliphatic carbocycles. The molecule has 1 atom stereocenters. The third kappa shape index (κ3) is 4.24. The topological polar surface area (TPSA) is 84.7 Å². The van der Waals surface area contributed by atoms with Crippen molar-refractivity contribution < 1.29 is 18.9 Å². The van der Waals surface area contributed by atoms with Gasteiger partial charge in [-0.25, -0.2) is 9.78 Å². The van der Waals surface area contributed by atoms with Gasteiger partial charge in [0.05, 0.1) is 32.1 Å². The van der Waals surface area contributed by atoms with Gasteiger partial charge in [0, 0.05) is 36.0 Å². The van der Waals surface area contributed by atoms with E-state index in [0.29, 0.717) is 51.3 Å². The Morgan fingerprint density at radius 2 is 2.00 bits per heavy atom. The number of rotatable bonds is 6. The highest BCUT2D eigenvalue weighted by Gasteiger charge is 2.21. The summed E-state index contributed by atoms with van der Waals surface area (Å²) in [6.45, 7) is 5.04. The Kier molecular flexibility index (Phi) is 5.87. The van der Waals surface area contributed by atoms with Gasteiger partial charge in [0.15, 0.2) is 0 Å². The molecule has 1 fully saturated rings. The largest absolute Gasteiger partial charge is 0.478 e. The Morgan fingerprint density at radius 1 is 1.09 bits per heavy atom. The maximum Gasteiger partial charge on any atom is 0.351 e. The summed E-state index contributed by atoms with van der Waals surface area (Å²) in [6.07, 6.45) is 2.43. The molecule has 8 nitrogen and oxygen atoms in total. The first-order valence-corrected chi connectivity index (χ1v) is 10.9. The van der Waals surface area contributed by atoms with Crippen molar-refractivity contribution in [2.24, 2.45) is 0 Å². The van der Waals surface area contributed by atoms with Crippen LogP contribution in [0.2, 0.25) is 0 Å². The second-order valence-electron chi connectivity index (χ2n) is 7.73. The molecular formula is C24H25N3O5. The fourth-order valence-corrected chi connectivity index (χ4v) is 4.06. The number of ether oxygens (including phenoxy) is 4. The highest BCUT2D eigenvalue weighted by atomic mass is 16.6. The summed E-state index contributed by atoms with van der Waals surface area (Å²) < 4.78 is 23.9. The van der Waals surface area contributed by atoms with Crippen LogP contribution < -0.4 is 15.2 Å². The molecule has 8 heteroatoms. The summed E-state index contributed by atoms with van der Waals surface area (Å²) in [5, 5.41) is 0. The second kappa shape index (κ2) is 9.10. The van der Waals surface area contributed by atoms with Crippen molar-refractivity contribution >= 4 is 0 Å². The molecule has 166 valence electrons. The Hall–Kier alpha value is -3.23. The van der Waals surface area contributed by atoms with E-state index in [1.54, 1.807) is 4.57 Å². The van der Waals surface area contributed by atoms with Gasteiger partial charge in [0.1, 0.15) is 12.7 Å². The third-order valence-corrected chi connectivity index (χ3v) is 5.64. The number of aryl methyl sites for hydroxylation is 1. The van der Waals surface area contributed by atoms with Gasteiger partial charge in [0.2, 0.25) is 11.8 Å². The maximum absolute atomic E-state index is 12.6. The number of fused-ring (bicyclic) bond motifs is 3. The molecule has 5 rings (SSSR count). The Balaban J connectivity index is 1.40. The molecule has 0 amide bonds. The van der Waals surface area contributed by atoms with Gasteiger partial charge in [-0.15, -0.1) is 0 Å². The van der Waals surface area contributed by atoms with Crippen molar-refractivity contribution in [1.82, 2.24) is 14.5 Å². The van der Waals surface area contributed by atoms with Crippen molar-refractivity contribution in [2.45, 2.75) is 26.0 Å². The number of pyridine rings is 1. The highest BCUT2D eigenvalue weighted by molar-refractivity contribution is 5.73. The molecule has 32 heavy (non-hydrogen) atoms. The van der Waals surface area contributed by atoms with Crippen LogP contribution in [0.3, 0.4) is 0 Å². The molecule has 2 aliphatic heterocycles. The average Bonchev–Trinajstić information content (AvgIpc) is 2.83. The zero-order valence-electron chi connectivity index (χ0n) is 18.0. The molecule has 0 N–H and O–H groups in total. The molecule has 0 radical (unpaired) electrons. The zero-order chi connectivity index (χ0) is 21.9. The highest BCUT2D eigenvalue weighted by Crippen LogP contribution is 2.33. The summed E-state index contributed by atoms with van der Waals surface area (Å²) in [6, 6.07) is 12.0. The SMILES string of the molecule is CCOc1ccc(-c2ccc3c(c2)CCn2c-3cc(OCC3COCCO3)nc2=O)cn1. The Morgan fingerprint density at radius 3 is 2.78 bits per heavy atom. The molecule has 3 aromatic rings. The lowest BCUT2D eigenvalue weighted by Gasteiger charge is -2.24. The van der Waals surface area contributed by atoms with E-state index in [1.165, 1.54) is 5.56 Å². The minimum absolute atomic E-state index is 0.151. The normalized spacial score (nSPS) is 17.3. The quantitative estimate of drug-likeness (QED) is 0.589. The Bertz CT molecular complexity index is 1150. The van der Waals surface area contributed by atoms with E-state index in [0.717, 1.165) is 28.8 Å². The van der Waals surface area contributed by atoms with E-state index < -0.39 is 0 Å². The lowest BCUT2D eigenvalue weighted by Crippen LogP contribution is -2.34. The van der Waals surface area contributed by atoms with E-state index in [9.17, 15) is 4.79 Å². The van der Waals surface area contributed by atoms with Crippen molar-refractivity contribution in [3.8, 4) is 34.1 Å². The molecule has 4 heterocycles. The number of hydrogen-bond acceptors (Lipinski definition) is 7. The first kappa shape index (κ1) is 20.7. The molecule has 0 bridgehead atoms. The minimum atomic E-state index is -0.302. The zero-order valence-corrected chi connectivity index (χ0v) is 18.0. The van der Waals surface area contributed by atoms with E-state index in [4.69, 9.17) is 18.9 Å². The predicted molar refractivity (Wildman–Crippen MR) is 118 cm³/mol. The first-order chi connectivity index (χ1) is 15.7. The fourth-order valence-electron chi connectivity index (χ4n) is 4.06. The predicted octanol–water partition coefficient (Wildman–Crippen LogP) is 2.72. The second-order valence-corrected chi connectivity index (χ2v) is 7.73. The van der Waals surface area contributed by atoms with Gasteiger partial charge in [0.25, 0.3) is 0 Å². The molecule has 2 aromatic heterocycles. The van der Waals surface area contributed by atoms with Crippen LogP contribution in [0.15, 0.2) is 47.4 Å². The molecule has 0 saturated carbocycles. The number of nitrogens with zero attached hydrogens (tertiary/aromatic N) is 3. The summed E-state index contributed by atoms with van der Waals surface area (Å²) in [4.78, 5) is 21.1. The van der Waals surface area contributed by atoms with Gasteiger partial charge in [-0.2, -0.15) is 4.98 Å². The number of benzene rings is 1. The molecular weight excluding hydrogens is 410 g/mol. The van der Waals surface area contributed by atoms with E-state index >= 15 is 0 Å². The van der Waals surface area contributed by atoms with E-state index in [2.05, 4.69) is 16.0 Å².